The van der Waals surface area contributed by atoms with Gasteiger partial charge in [-0.25, -0.2) is 5.84 Å². The molecule has 0 aliphatic rings. The SMILES string of the molecule is C[CH]C(=O)N(C)N. The average molecular weight is 101 g/mol. The van der Waals surface area contributed by atoms with Crippen LogP contribution in [0, 0.1) is 6.42 Å². The largest absolute Gasteiger partial charge is 0.284 e. The minimum atomic E-state index is -0.167. The van der Waals surface area contributed by atoms with Gasteiger partial charge >= 0.3 is 0 Å². The fourth-order valence-electron chi connectivity index (χ4n) is 0.204. The first-order valence-electron chi connectivity index (χ1n) is 2.00. The first-order chi connectivity index (χ1) is 3.18. The van der Waals surface area contributed by atoms with Crippen molar-refractivity contribution in [1.29, 1.82) is 0 Å². The van der Waals surface area contributed by atoms with Crippen LogP contribution in [-0.2, 0) is 4.79 Å². The molecule has 1 amide bonds. The molecule has 0 spiro atoms. The van der Waals surface area contributed by atoms with Gasteiger partial charge in [-0.1, -0.05) is 6.92 Å². The molecule has 0 heterocycles. The maximum atomic E-state index is 10.3. The Morgan fingerprint density at radius 1 is 1.86 bits per heavy atom. The first-order valence-corrected chi connectivity index (χ1v) is 2.00. The average Bonchev–Trinajstić information content (AvgIpc) is 1.65. The van der Waals surface area contributed by atoms with E-state index in [-0.39, 0.29) is 5.91 Å². The second-order valence-electron chi connectivity index (χ2n) is 1.24. The van der Waals surface area contributed by atoms with Gasteiger partial charge in [-0.2, -0.15) is 0 Å². The Kier molecular flexibility index (Phi) is 2.37. The van der Waals surface area contributed by atoms with Crippen molar-refractivity contribution in [2.75, 3.05) is 7.05 Å². The second kappa shape index (κ2) is 2.58. The summed E-state index contributed by atoms with van der Waals surface area (Å²) in [5, 5.41) is 1.03. The highest BCUT2D eigenvalue weighted by Crippen LogP contribution is 1.76. The lowest BCUT2D eigenvalue weighted by atomic mass is 10.5. The van der Waals surface area contributed by atoms with Crippen LogP contribution in [0.4, 0.5) is 0 Å². The predicted octanol–water partition coefficient (Wildman–Crippen LogP) is -0.457. The molecule has 0 aliphatic carbocycles. The fourth-order valence-corrected chi connectivity index (χ4v) is 0.204. The minimum Gasteiger partial charge on any atom is -0.284 e. The Balaban J connectivity index is 3.35. The Morgan fingerprint density at radius 3 is 2.29 bits per heavy atom. The highest BCUT2D eigenvalue weighted by Gasteiger charge is 1.96. The molecule has 0 aromatic rings. The van der Waals surface area contributed by atoms with E-state index in [9.17, 15) is 4.79 Å². The third-order valence-electron chi connectivity index (χ3n) is 0.595. The highest BCUT2D eigenvalue weighted by atomic mass is 16.2. The molecule has 41 valence electrons. The quantitative estimate of drug-likeness (QED) is 0.276. The van der Waals surface area contributed by atoms with Crippen LogP contribution in [0.25, 0.3) is 0 Å². The van der Waals surface area contributed by atoms with Gasteiger partial charge in [0.2, 0.25) is 5.91 Å². The topological polar surface area (TPSA) is 46.3 Å². The molecule has 0 rings (SSSR count). The highest BCUT2D eigenvalue weighted by molar-refractivity contribution is 5.83. The summed E-state index contributed by atoms with van der Waals surface area (Å²) in [6, 6.07) is 0. The first kappa shape index (κ1) is 6.43. The van der Waals surface area contributed by atoms with E-state index < -0.39 is 0 Å². The lowest BCUT2D eigenvalue weighted by molar-refractivity contribution is -0.126. The number of amides is 1. The summed E-state index contributed by atoms with van der Waals surface area (Å²) in [5.41, 5.74) is 0. The molecular formula is C4H9N2O. The van der Waals surface area contributed by atoms with Crippen LogP contribution in [0.3, 0.4) is 0 Å². The molecule has 7 heavy (non-hydrogen) atoms. The molecule has 0 unspecified atom stereocenters. The molecule has 3 nitrogen and oxygen atoms in total. The van der Waals surface area contributed by atoms with Crippen molar-refractivity contribution in [2.45, 2.75) is 6.92 Å². The molecule has 0 saturated heterocycles. The van der Waals surface area contributed by atoms with Crippen molar-refractivity contribution in [3.8, 4) is 0 Å². The van der Waals surface area contributed by atoms with Crippen LogP contribution in [0.2, 0.25) is 0 Å². The van der Waals surface area contributed by atoms with Crippen LogP contribution in [0.15, 0.2) is 0 Å². The predicted molar refractivity (Wildman–Crippen MR) is 26.9 cm³/mol. The van der Waals surface area contributed by atoms with Crippen LogP contribution >= 0.6 is 0 Å². The number of hydrogen-bond acceptors (Lipinski definition) is 2. The zero-order chi connectivity index (χ0) is 5.86. The summed E-state index contributed by atoms with van der Waals surface area (Å²) in [4.78, 5) is 10.3. The molecule has 2 N–H and O–H groups in total. The van der Waals surface area contributed by atoms with E-state index in [1.807, 2.05) is 0 Å². The zero-order valence-corrected chi connectivity index (χ0v) is 4.51. The minimum absolute atomic E-state index is 0.167. The molecule has 1 radical (unpaired) electrons. The molecule has 0 fully saturated rings. The Hall–Kier alpha value is -0.570. The molecule has 0 bridgehead atoms. The van der Waals surface area contributed by atoms with Crippen LogP contribution in [0.1, 0.15) is 6.92 Å². The molecule has 3 heteroatoms. The summed E-state index contributed by atoms with van der Waals surface area (Å²) < 4.78 is 0. The Bertz CT molecular complexity index is 70.1. The molecule has 0 aliphatic heterocycles. The molecular weight excluding hydrogens is 92.1 g/mol. The maximum Gasteiger partial charge on any atom is 0.239 e. The fraction of sp³-hybridized carbons (Fsp3) is 0.500. The van der Waals surface area contributed by atoms with Crippen molar-refractivity contribution < 1.29 is 4.79 Å². The molecule has 0 atom stereocenters. The third kappa shape index (κ3) is 2.17. The third-order valence-corrected chi connectivity index (χ3v) is 0.595. The van der Waals surface area contributed by atoms with E-state index >= 15 is 0 Å². The number of hydrogen-bond donors (Lipinski definition) is 1. The van der Waals surface area contributed by atoms with Crippen molar-refractivity contribution in [3.63, 3.8) is 0 Å². The number of nitrogens with two attached hydrogens (primary N) is 1. The smallest absolute Gasteiger partial charge is 0.239 e. The maximum absolute atomic E-state index is 10.3. The lowest BCUT2D eigenvalue weighted by Gasteiger charge is -2.05. The van der Waals surface area contributed by atoms with Crippen molar-refractivity contribution in [2.24, 2.45) is 5.84 Å². The van der Waals surface area contributed by atoms with Crippen molar-refractivity contribution >= 4 is 5.91 Å². The van der Waals surface area contributed by atoms with Crippen molar-refractivity contribution in [3.05, 3.63) is 6.42 Å². The van der Waals surface area contributed by atoms with Gasteiger partial charge < -0.3 is 0 Å². The van der Waals surface area contributed by atoms with Gasteiger partial charge in [0.25, 0.3) is 0 Å². The van der Waals surface area contributed by atoms with E-state index in [2.05, 4.69) is 0 Å². The molecule has 0 aromatic heterocycles. The van der Waals surface area contributed by atoms with Gasteiger partial charge in [-0.15, -0.1) is 0 Å². The number of rotatable bonds is 1. The van der Waals surface area contributed by atoms with E-state index in [0.717, 1.165) is 5.01 Å². The van der Waals surface area contributed by atoms with E-state index in [4.69, 9.17) is 5.84 Å². The monoisotopic (exact) mass is 101 g/mol. The van der Waals surface area contributed by atoms with Gasteiger partial charge in [-0.3, -0.25) is 9.80 Å². The summed E-state index contributed by atoms with van der Waals surface area (Å²) >= 11 is 0. The lowest BCUT2D eigenvalue weighted by Crippen LogP contribution is -2.32. The van der Waals surface area contributed by atoms with Crippen LogP contribution in [-0.4, -0.2) is 18.0 Å². The summed E-state index contributed by atoms with van der Waals surface area (Å²) in [6.07, 6.45) is 1.40. The summed E-state index contributed by atoms with van der Waals surface area (Å²) in [7, 11) is 1.50. The molecule has 0 aromatic carbocycles. The standard InChI is InChI=1S/C4H9N2O/c1-3-4(7)6(2)5/h3H,5H2,1-2H3. The van der Waals surface area contributed by atoms with Crippen LogP contribution in [0.5, 0.6) is 0 Å². The normalized spacial score (nSPS) is 8.43. The molecule has 0 saturated carbocycles. The Morgan fingerprint density at radius 2 is 2.29 bits per heavy atom. The second-order valence-corrected chi connectivity index (χ2v) is 1.24. The van der Waals surface area contributed by atoms with E-state index in [1.165, 1.54) is 13.5 Å². The summed E-state index contributed by atoms with van der Waals surface area (Å²) in [6.45, 7) is 1.64. The van der Waals surface area contributed by atoms with Gasteiger partial charge in [0.1, 0.15) is 0 Å². The summed E-state index contributed by atoms with van der Waals surface area (Å²) in [5.74, 6) is 4.83. The van der Waals surface area contributed by atoms with Gasteiger partial charge in [0.05, 0.1) is 0 Å². The van der Waals surface area contributed by atoms with Crippen molar-refractivity contribution in [1.82, 2.24) is 5.01 Å². The van der Waals surface area contributed by atoms with Gasteiger partial charge in [0.15, 0.2) is 0 Å². The van der Waals surface area contributed by atoms with E-state index in [1.54, 1.807) is 6.92 Å². The van der Waals surface area contributed by atoms with Crippen LogP contribution < -0.4 is 5.84 Å². The zero-order valence-electron chi connectivity index (χ0n) is 4.51. The van der Waals surface area contributed by atoms with Gasteiger partial charge in [0, 0.05) is 13.5 Å². The number of carbonyl (C=O) groups is 1. The number of nitrogens with zero attached hydrogens (tertiary/aromatic N) is 1. The number of carbonyl (C=O) groups excluding carboxylic acids is 1. The number of hydrazine groups is 1. The Labute approximate surface area is 43.1 Å². The van der Waals surface area contributed by atoms with E-state index in [0.29, 0.717) is 0 Å². The van der Waals surface area contributed by atoms with Gasteiger partial charge in [-0.05, 0) is 0 Å².